The molecular formula is C22H18ClN5O. The van der Waals surface area contributed by atoms with Gasteiger partial charge in [-0.1, -0.05) is 41.9 Å². The normalized spacial score (nSPS) is 17.3. The number of fused-ring (bicyclic) bond motifs is 2. The maximum Gasteiger partial charge on any atom is 0.164 e. The van der Waals surface area contributed by atoms with Gasteiger partial charge in [0.05, 0.1) is 18.5 Å². The van der Waals surface area contributed by atoms with Crippen molar-refractivity contribution in [2.75, 3.05) is 7.11 Å². The van der Waals surface area contributed by atoms with E-state index in [0.29, 0.717) is 5.17 Å². The van der Waals surface area contributed by atoms with Crippen LogP contribution in [0.3, 0.4) is 0 Å². The van der Waals surface area contributed by atoms with E-state index in [0.717, 1.165) is 39.9 Å². The van der Waals surface area contributed by atoms with Crippen LogP contribution in [0.4, 0.5) is 5.82 Å². The topological polar surface area (TPSA) is 55.0 Å². The van der Waals surface area contributed by atoms with Crippen LogP contribution in [0.5, 0.6) is 5.75 Å². The summed E-state index contributed by atoms with van der Waals surface area (Å²) in [5, 5.41) is 11.6. The molecule has 0 bridgehead atoms. The van der Waals surface area contributed by atoms with Gasteiger partial charge >= 0.3 is 0 Å². The first kappa shape index (κ1) is 17.7. The Labute approximate surface area is 173 Å². The molecule has 0 N–H and O–H groups in total. The summed E-state index contributed by atoms with van der Waals surface area (Å²) in [6.45, 7) is 2.00. The standard InChI is InChI=1S/C22H18ClN5O/c1-14-20-21(15-8-10-17(29-2)11-9-15)28-19(13-12-18(23)26-28)24-22(20)27(25-14)16-6-4-3-5-7-16/h3-13,21H,1-2H3/t21-/m1/s1. The van der Waals surface area contributed by atoms with Gasteiger partial charge in [-0.3, -0.25) is 0 Å². The molecule has 2 aliphatic heterocycles. The van der Waals surface area contributed by atoms with Gasteiger partial charge in [0.2, 0.25) is 0 Å². The van der Waals surface area contributed by atoms with Gasteiger partial charge in [-0.15, -0.1) is 0 Å². The van der Waals surface area contributed by atoms with E-state index in [9.17, 15) is 0 Å². The van der Waals surface area contributed by atoms with E-state index in [1.54, 1.807) is 13.2 Å². The Bertz CT molecular complexity index is 1160. The van der Waals surface area contributed by atoms with Crippen molar-refractivity contribution in [3.63, 3.8) is 0 Å². The lowest BCUT2D eigenvalue weighted by Gasteiger charge is -2.34. The average molecular weight is 404 g/mol. The smallest absolute Gasteiger partial charge is 0.164 e. The predicted octanol–water partition coefficient (Wildman–Crippen LogP) is 4.75. The first-order valence-electron chi connectivity index (χ1n) is 9.24. The van der Waals surface area contributed by atoms with E-state index in [-0.39, 0.29) is 6.04 Å². The average Bonchev–Trinajstić information content (AvgIpc) is 3.09. The molecule has 7 heteroatoms. The molecule has 0 radical (unpaired) electrons. The fourth-order valence-electron chi connectivity index (χ4n) is 3.71. The molecule has 3 aromatic rings. The Kier molecular flexibility index (Phi) is 4.21. The van der Waals surface area contributed by atoms with Crippen LogP contribution in [-0.2, 0) is 0 Å². The summed E-state index contributed by atoms with van der Waals surface area (Å²) in [6, 6.07) is 17.8. The zero-order valence-electron chi connectivity index (χ0n) is 16.0. The molecule has 5 rings (SSSR count). The number of hydrogen-bond acceptors (Lipinski definition) is 5. The first-order chi connectivity index (χ1) is 14.2. The third-order valence-electron chi connectivity index (χ3n) is 5.06. The Morgan fingerprint density at radius 3 is 2.48 bits per heavy atom. The van der Waals surface area contributed by atoms with Crippen molar-refractivity contribution in [3.05, 3.63) is 83.6 Å². The van der Waals surface area contributed by atoms with Gasteiger partial charge in [-0.25, -0.2) is 14.7 Å². The van der Waals surface area contributed by atoms with Crippen molar-refractivity contribution in [1.82, 2.24) is 14.8 Å². The molecule has 0 saturated carbocycles. The van der Waals surface area contributed by atoms with Crippen LogP contribution >= 0.6 is 11.6 Å². The summed E-state index contributed by atoms with van der Waals surface area (Å²) in [5.74, 6) is 2.33. The number of amidine groups is 1. The lowest BCUT2D eigenvalue weighted by molar-refractivity contribution is 0.370. The second kappa shape index (κ2) is 6.90. The monoisotopic (exact) mass is 403 g/mol. The fourth-order valence-corrected chi connectivity index (χ4v) is 3.86. The SMILES string of the molecule is COc1ccc([C@@H]2c3c(C)nn(-c4ccccc4)c3N=C3C=CC(Cl)=NN32)cc1. The summed E-state index contributed by atoms with van der Waals surface area (Å²) >= 11 is 6.23. The highest BCUT2D eigenvalue weighted by molar-refractivity contribution is 6.68. The van der Waals surface area contributed by atoms with Crippen LogP contribution < -0.4 is 4.74 Å². The third kappa shape index (κ3) is 2.93. The number of halogens is 1. The summed E-state index contributed by atoms with van der Waals surface area (Å²) in [6.07, 6.45) is 3.63. The molecule has 0 aliphatic carbocycles. The molecule has 0 spiro atoms. The molecular weight excluding hydrogens is 386 g/mol. The highest BCUT2D eigenvalue weighted by Crippen LogP contribution is 2.43. The fraction of sp³-hybridized carbons (Fsp3) is 0.136. The molecule has 2 aromatic carbocycles. The highest BCUT2D eigenvalue weighted by atomic mass is 35.5. The number of ether oxygens (including phenoxy) is 1. The van der Waals surface area contributed by atoms with Gasteiger partial charge in [0.25, 0.3) is 0 Å². The summed E-state index contributed by atoms with van der Waals surface area (Å²) < 4.78 is 7.21. The van der Waals surface area contributed by atoms with Crippen LogP contribution in [0.1, 0.15) is 22.9 Å². The van der Waals surface area contributed by atoms with Crippen molar-refractivity contribution < 1.29 is 4.74 Å². The number of hydrogen-bond donors (Lipinski definition) is 0. The minimum Gasteiger partial charge on any atom is -0.497 e. The van der Waals surface area contributed by atoms with E-state index in [1.165, 1.54) is 0 Å². The molecule has 1 atom stereocenters. The highest BCUT2D eigenvalue weighted by Gasteiger charge is 2.36. The molecule has 1 aromatic heterocycles. The van der Waals surface area contributed by atoms with Gasteiger partial charge in [0.15, 0.2) is 11.7 Å². The van der Waals surface area contributed by atoms with Crippen molar-refractivity contribution in [2.24, 2.45) is 10.1 Å². The molecule has 0 saturated heterocycles. The van der Waals surface area contributed by atoms with Crippen LogP contribution in [0.15, 0.2) is 76.8 Å². The quantitative estimate of drug-likeness (QED) is 0.634. The van der Waals surface area contributed by atoms with Gasteiger partial charge < -0.3 is 4.74 Å². The van der Waals surface area contributed by atoms with E-state index in [2.05, 4.69) is 5.10 Å². The second-order valence-corrected chi connectivity index (χ2v) is 7.20. The second-order valence-electron chi connectivity index (χ2n) is 6.82. The lowest BCUT2D eigenvalue weighted by atomic mass is 9.96. The number of allylic oxidation sites excluding steroid dienone is 1. The molecule has 3 heterocycles. The number of nitrogens with zero attached hydrogens (tertiary/aromatic N) is 5. The Balaban J connectivity index is 1.73. The number of para-hydroxylation sites is 1. The molecule has 2 aliphatic rings. The van der Waals surface area contributed by atoms with Gasteiger partial charge in [0.1, 0.15) is 17.0 Å². The third-order valence-corrected chi connectivity index (χ3v) is 5.26. The number of aromatic nitrogens is 2. The number of aliphatic imine (C=N–C) groups is 1. The Hall–Kier alpha value is -3.38. The van der Waals surface area contributed by atoms with Crippen molar-refractivity contribution in [2.45, 2.75) is 13.0 Å². The van der Waals surface area contributed by atoms with Gasteiger partial charge in [0, 0.05) is 5.56 Å². The minimum absolute atomic E-state index is 0.195. The number of rotatable bonds is 3. The zero-order chi connectivity index (χ0) is 20.0. The van der Waals surface area contributed by atoms with Gasteiger partial charge in [-0.2, -0.15) is 10.2 Å². The molecule has 144 valence electrons. The lowest BCUT2D eigenvalue weighted by Crippen LogP contribution is -2.35. The van der Waals surface area contributed by atoms with Gasteiger partial charge in [-0.05, 0) is 48.9 Å². The van der Waals surface area contributed by atoms with E-state index >= 15 is 0 Å². The molecule has 6 nitrogen and oxygen atoms in total. The summed E-state index contributed by atoms with van der Waals surface area (Å²) in [4.78, 5) is 4.87. The van der Waals surface area contributed by atoms with Crippen LogP contribution in [0.2, 0.25) is 0 Å². The first-order valence-corrected chi connectivity index (χ1v) is 9.62. The van der Waals surface area contributed by atoms with Crippen molar-refractivity contribution >= 4 is 28.4 Å². The molecule has 0 unspecified atom stereocenters. The minimum atomic E-state index is -0.195. The molecule has 29 heavy (non-hydrogen) atoms. The maximum absolute atomic E-state index is 6.23. The summed E-state index contributed by atoms with van der Waals surface area (Å²) in [5.41, 5.74) is 3.92. The molecule has 0 amide bonds. The Morgan fingerprint density at radius 2 is 1.76 bits per heavy atom. The number of aryl methyl sites for hydroxylation is 1. The predicted molar refractivity (Wildman–Crippen MR) is 115 cm³/mol. The zero-order valence-corrected chi connectivity index (χ0v) is 16.7. The van der Waals surface area contributed by atoms with E-state index < -0.39 is 0 Å². The largest absolute Gasteiger partial charge is 0.497 e. The van der Waals surface area contributed by atoms with E-state index in [4.69, 9.17) is 26.4 Å². The number of hydrazone groups is 1. The van der Waals surface area contributed by atoms with Crippen molar-refractivity contribution in [3.8, 4) is 11.4 Å². The van der Waals surface area contributed by atoms with E-state index in [1.807, 2.05) is 77.3 Å². The van der Waals surface area contributed by atoms with Crippen LogP contribution in [0, 0.1) is 6.92 Å². The maximum atomic E-state index is 6.23. The van der Waals surface area contributed by atoms with Crippen LogP contribution in [0.25, 0.3) is 5.69 Å². The van der Waals surface area contributed by atoms with Crippen LogP contribution in [-0.4, -0.2) is 32.9 Å². The number of benzene rings is 2. The Morgan fingerprint density at radius 1 is 1.00 bits per heavy atom. The molecule has 0 fully saturated rings. The number of methoxy groups -OCH3 is 1. The van der Waals surface area contributed by atoms with Crippen molar-refractivity contribution in [1.29, 1.82) is 0 Å². The summed E-state index contributed by atoms with van der Waals surface area (Å²) in [7, 11) is 1.66.